The molecule has 9 heteroatoms. The summed E-state index contributed by atoms with van der Waals surface area (Å²) in [7, 11) is 0. The second-order valence-electron chi connectivity index (χ2n) is 7.35. The van der Waals surface area contributed by atoms with Gasteiger partial charge in [-0.1, -0.05) is 48.0 Å². The maximum atomic E-state index is 13.0. The van der Waals surface area contributed by atoms with Crippen molar-refractivity contribution >= 4 is 29.4 Å². The molecule has 3 aromatic rings. The molecule has 0 aliphatic rings. The summed E-state index contributed by atoms with van der Waals surface area (Å²) in [6.45, 7) is 1.93. The van der Waals surface area contributed by atoms with Gasteiger partial charge in [0.2, 0.25) is 0 Å². The van der Waals surface area contributed by atoms with Crippen LogP contribution >= 0.6 is 11.6 Å². The van der Waals surface area contributed by atoms with Crippen molar-refractivity contribution in [1.29, 1.82) is 0 Å². The first-order valence-electron chi connectivity index (χ1n) is 10.5. The fourth-order valence-corrected chi connectivity index (χ4v) is 3.61. The van der Waals surface area contributed by atoms with E-state index in [0.29, 0.717) is 27.3 Å². The van der Waals surface area contributed by atoms with Gasteiger partial charge < -0.3 is 20.3 Å². The van der Waals surface area contributed by atoms with Gasteiger partial charge in [-0.15, -0.1) is 0 Å². The molecule has 0 radical (unpaired) electrons. The molecule has 3 N–H and O–H groups in total. The number of rotatable bonds is 9. The number of aliphatic hydroxyl groups excluding tert-OH is 1. The van der Waals surface area contributed by atoms with Gasteiger partial charge in [0.25, 0.3) is 5.91 Å². The van der Waals surface area contributed by atoms with E-state index >= 15 is 0 Å². The van der Waals surface area contributed by atoms with E-state index in [1.165, 1.54) is 12.3 Å². The number of amides is 1. The van der Waals surface area contributed by atoms with Crippen molar-refractivity contribution < 1.29 is 29.3 Å². The van der Waals surface area contributed by atoms with Gasteiger partial charge in [-0.05, 0) is 54.3 Å². The van der Waals surface area contributed by atoms with Crippen molar-refractivity contribution in [1.82, 2.24) is 10.3 Å². The second-order valence-corrected chi connectivity index (χ2v) is 7.76. The smallest absolute Gasteiger partial charge is 0.338 e. The number of carboxylic acid groups (broad SMARTS) is 1. The van der Waals surface area contributed by atoms with E-state index < -0.39 is 30.0 Å². The van der Waals surface area contributed by atoms with Crippen LogP contribution in [0, 0.1) is 0 Å². The molecule has 0 saturated carbocycles. The first-order chi connectivity index (χ1) is 16.3. The van der Waals surface area contributed by atoms with Crippen LogP contribution in [-0.2, 0) is 16.0 Å². The molecule has 0 aliphatic carbocycles. The Bertz CT molecular complexity index is 1200. The maximum absolute atomic E-state index is 13.0. The lowest BCUT2D eigenvalue weighted by atomic mass is 9.99. The van der Waals surface area contributed by atoms with Gasteiger partial charge in [-0.2, -0.15) is 0 Å². The van der Waals surface area contributed by atoms with Crippen molar-refractivity contribution in [2.24, 2.45) is 0 Å². The number of aliphatic carboxylic acids is 1. The number of ether oxygens (including phenoxy) is 1. The van der Waals surface area contributed by atoms with Gasteiger partial charge in [0.05, 0.1) is 18.2 Å². The van der Waals surface area contributed by atoms with E-state index in [9.17, 15) is 24.6 Å². The van der Waals surface area contributed by atoms with Gasteiger partial charge >= 0.3 is 11.9 Å². The minimum atomic E-state index is -1.87. The van der Waals surface area contributed by atoms with Crippen LogP contribution in [0.2, 0.25) is 5.02 Å². The van der Waals surface area contributed by atoms with E-state index in [0.717, 1.165) is 0 Å². The lowest BCUT2D eigenvalue weighted by molar-refractivity contribution is -0.148. The van der Waals surface area contributed by atoms with Crippen LogP contribution in [0.4, 0.5) is 0 Å². The highest BCUT2D eigenvalue weighted by atomic mass is 35.5. The number of hydrogen-bond acceptors (Lipinski definition) is 6. The van der Waals surface area contributed by atoms with E-state index in [-0.39, 0.29) is 18.7 Å². The van der Waals surface area contributed by atoms with Gasteiger partial charge in [-0.3, -0.25) is 9.78 Å². The Morgan fingerprint density at radius 1 is 1.09 bits per heavy atom. The maximum Gasteiger partial charge on any atom is 0.338 e. The number of carbonyl (C=O) groups excluding carboxylic acids is 2. The van der Waals surface area contributed by atoms with Gasteiger partial charge in [0.1, 0.15) is 5.69 Å². The van der Waals surface area contributed by atoms with Crippen LogP contribution in [0.25, 0.3) is 11.1 Å². The molecule has 0 aliphatic heterocycles. The van der Waals surface area contributed by atoms with Gasteiger partial charge in [0.15, 0.2) is 6.10 Å². The number of pyridine rings is 1. The average Bonchev–Trinajstić information content (AvgIpc) is 2.84. The number of benzene rings is 2. The zero-order valence-electron chi connectivity index (χ0n) is 18.3. The number of hydrogen-bond donors (Lipinski definition) is 3. The Kier molecular flexibility index (Phi) is 8.34. The number of nitrogens with one attached hydrogen (secondary N) is 1. The number of nitrogens with zero attached hydrogens (tertiary/aromatic N) is 1. The molecule has 2 aromatic carbocycles. The van der Waals surface area contributed by atoms with Crippen molar-refractivity contribution in [3.63, 3.8) is 0 Å². The quantitative estimate of drug-likeness (QED) is 0.399. The molecule has 0 unspecified atom stereocenters. The zero-order chi connectivity index (χ0) is 24.7. The van der Waals surface area contributed by atoms with Crippen molar-refractivity contribution in [2.75, 3.05) is 6.61 Å². The molecule has 1 heterocycles. The third-order valence-electron chi connectivity index (χ3n) is 5.07. The molecule has 0 spiro atoms. The highest BCUT2D eigenvalue weighted by Gasteiger charge is 2.29. The van der Waals surface area contributed by atoms with E-state index in [2.05, 4.69) is 10.3 Å². The Balaban J connectivity index is 1.88. The van der Waals surface area contributed by atoms with Crippen LogP contribution < -0.4 is 5.32 Å². The molecule has 1 aromatic heterocycles. The van der Waals surface area contributed by atoms with Crippen LogP contribution in [0.1, 0.15) is 33.3 Å². The van der Waals surface area contributed by atoms with Crippen molar-refractivity contribution in [3.8, 4) is 11.1 Å². The van der Waals surface area contributed by atoms with Crippen LogP contribution in [0.3, 0.4) is 0 Å². The molecule has 2 atom stereocenters. The lowest BCUT2D eigenvalue weighted by Gasteiger charge is -2.22. The monoisotopic (exact) mass is 482 g/mol. The predicted molar refractivity (Wildman–Crippen MR) is 126 cm³/mol. The predicted octanol–water partition coefficient (Wildman–Crippen LogP) is 3.37. The highest BCUT2D eigenvalue weighted by Crippen LogP contribution is 2.25. The molecule has 8 nitrogen and oxygen atoms in total. The summed E-state index contributed by atoms with van der Waals surface area (Å²) in [6.07, 6.45) is -0.472. The summed E-state index contributed by atoms with van der Waals surface area (Å²) < 4.78 is 5.11. The summed E-state index contributed by atoms with van der Waals surface area (Å²) in [5.41, 5.74) is 1.98. The summed E-state index contributed by atoms with van der Waals surface area (Å²) in [6, 6.07) is 15.5. The van der Waals surface area contributed by atoms with E-state index in [1.54, 1.807) is 61.5 Å². The zero-order valence-corrected chi connectivity index (χ0v) is 19.0. The first kappa shape index (κ1) is 24.9. The SMILES string of the molecule is CCOC(=O)c1ccccc1-c1ccnc(C(=O)N[C@H](Cc2ccccc2Cl)[C@@H](O)C(=O)O)c1. The molecule has 0 bridgehead atoms. The third kappa shape index (κ3) is 5.98. The molecular weight excluding hydrogens is 460 g/mol. The highest BCUT2D eigenvalue weighted by molar-refractivity contribution is 6.31. The fraction of sp³-hybridized carbons (Fsp3) is 0.200. The third-order valence-corrected chi connectivity index (χ3v) is 5.44. The molecule has 1 amide bonds. The molecular formula is C25H23ClN2O6. The van der Waals surface area contributed by atoms with E-state index in [4.69, 9.17) is 16.3 Å². The molecule has 176 valence electrons. The van der Waals surface area contributed by atoms with E-state index in [1.807, 2.05) is 0 Å². The topological polar surface area (TPSA) is 126 Å². The normalized spacial score (nSPS) is 12.4. The minimum absolute atomic E-state index is 0.00966. The Labute approximate surface area is 201 Å². The van der Waals surface area contributed by atoms with Crippen LogP contribution in [-0.4, -0.2) is 51.8 Å². The minimum Gasteiger partial charge on any atom is -0.479 e. The number of aromatic nitrogens is 1. The number of esters is 1. The first-order valence-corrected chi connectivity index (χ1v) is 10.9. The standard InChI is InChI=1S/C25H23ClN2O6/c1-2-34-25(33)18-9-5-4-8-17(18)15-11-12-27-21(13-15)23(30)28-20(22(29)24(31)32)14-16-7-3-6-10-19(16)26/h3-13,20,22,29H,2,14H2,1H3,(H,28,30)(H,31,32)/t20-,22-/m1/s1. The van der Waals surface area contributed by atoms with Crippen molar-refractivity contribution in [3.05, 3.63) is 88.7 Å². The van der Waals surface area contributed by atoms with Gasteiger partial charge in [-0.25, -0.2) is 9.59 Å². The van der Waals surface area contributed by atoms with Gasteiger partial charge in [0, 0.05) is 11.2 Å². The van der Waals surface area contributed by atoms with Crippen LogP contribution in [0.5, 0.6) is 0 Å². The second kappa shape index (κ2) is 11.4. The number of aliphatic hydroxyl groups is 1. The fourth-order valence-electron chi connectivity index (χ4n) is 3.40. The summed E-state index contributed by atoms with van der Waals surface area (Å²) in [4.78, 5) is 40.8. The molecule has 0 saturated heterocycles. The summed E-state index contributed by atoms with van der Waals surface area (Å²) in [5.74, 6) is -2.67. The summed E-state index contributed by atoms with van der Waals surface area (Å²) >= 11 is 6.17. The molecule has 3 rings (SSSR count). The Morgan fingerprint density at radius 2 is 1.79 bits per heavy atom. The summed E-state index contributed by atoms with van der Waals surface area (Å²) in [5, 5.41) is 22.4. The number of carboxylic acids is 1. The largest absolute Gasteiger partial charge is 0.479 e. The molecule has 34 heavy (non-hydrogen) atoms. The van der Waals surface area contributed by atoms with Crippen molar-refractivity contribution in [2.45, 2.75) is 25.5 Å². The lowest BCUT2D eigenvalue weighted by Crippen LogP contribution is -2.48. The average molecular weight is 483 g/mol. The Morgan fingerprint density at radius 3 is 2.50 bits per heavy atom. The van der Waals surface area contributed by atoms with Crippen LogP contribution in [0.15, 0.2) is 66.9 Å². The number of carbonyl (C=O) groups is 3. The number of halogens is 1. The Hall–Kier alpha value is -3.75. The molecule has 0 fully saturated rings.